The Kier molecular flexibility index (Phi) is 17.7. The molecular weight excluding hydrogens is 577 g/mol. The van der Waals surface area contributed by atoms with Crippen molar-refractivity contribution in [1.29, 1.82) is 0 Å². The van der Waals surface area contributed by atoms with E-state index in [1.165, 1.54) is 17.7 Å². The number of alkyl carbamates (subject to hydrolysis) is 1. The van der Waals surface area contributed by atoms with Crippen LogP contribution in [0.3, 0.4) is 0 Å². The number of thioether (sulfide) groups is 1. The third kappa shape index (κ3) is 17.4. The molecule has 0 aliphatic rings. The highest BCUT2D eigenvalue weighted by Gasteiger charge is 2.23. The quantitative estimate of drug-likeness (QED) is 0.0800. The van der Waals surface area contributed by atoms with Gasteiger partial charge in [-0.1, -0.05) is 51.9 Å². The largest absolute Gasteiger partial charge is 0.511 e. The molecule has 1 unspecified atom stereocenters. The smallest absolute Gasteiger partial charge is 0.444 e. The third-order valence-electron chi connectivity index (χ3n) is 4.94. The summed E-state index contributed by atoms with van der Waals surface area (Å²) in [4.78, 5) is 48.8. The molecule has 1 aromatic rings. The van der Waals surface area contributed by atoms with E-state index in [0.717, 1.165) is 17.7 Å². The minimum absolute atomic E-state index is 0.0743. The molecule has 13 heteroatoms. The lowest BCUT2D eigenvalue weighted by Gasteiger charge is -2.23. The number of carbonyl (C=O) groups is 4. The normalized spacial score (nSPS) is 13.3. The first-order valence-electron chi connectivity index (χ1n) is 13.0. The molecule has 2 amide bonds. The van der Waals surface area contributed by atoms with Crippen LogP contribution in [0.2, 0.25) is 0 Å². The summed E-state index contributed by atoms with van der Waals surface area (Å²) in [7, 11) is 3.11. The average molecular weight is 619 g/mol. The molecule has 10 nitrogen and oxygen atoms in total. The van der Waals surface area contributed by atoms with E-state index in [4.69, 9.17) is 14.2 Å². The Labute approximate surface area is 249 Å². The summed E-state index contributed by atoms with van der Waals surface area (Å²) in [6.07, 6.45) is 0.763. The van der Waals surface area contributed by atoms with Crippen LogP contribution in [0.1, 0.15) is 46.6 Å². The maximum Gasteiger partial charge on any atom is 0.511 e. The van der Waals surface area contributed by atoms with E-state index in [1.807, 2.05) is 57.4 Å². The van der Waals surface area contributed by atoms with Gasteiger partial charge in [-0.25, -0.2) is 9.59 Å². The van der Waals surface area contributed by atoms with Crippen LogP contribution in [-0.2, 0) is 35.0 Å². The van der Waals surface area contributed by atoms with Crippen molar-refractivity contribution in [1.82, 2.24) is 10.6 Å². The van der Waals surface area contributed by atoms with Crippen LogP contribution in [-0.4, -0.2) is 78.7 Å². The Balaban J connectivity index is 2.66. The van der Waals surface area contributed by atoms with Gasteiger partial charge >= 0.3 is 18.2 Å². The maximum absolute atomic E-state index is 13.0. The van der Waals surface area contributed by atoms with Crippen LogP contribution >= 0.6 is 33.3 Å². The van der Waals surface area contributed by atoms with Crippen molar-refractivity contribution in [3.63, 3.8) is 0 Å². The molecule has 3 atom stereocenters. The van der Waals surface area contributed by atoms with Gasteiger partial charge in [-0.15, -0.1) is 0 Å². The zero-order valence-electron chi connectivity index (χ0n) is 24.1. The zero-order valence-corrected chi connectivity index (χ0v) is 26.5. The SMILES string of the molecule is CCOC(=O)OC(C)OC(=O)CNC(=O)[C@@H](CSSC[C@H](CCSC)NC(=O)OC(C)(C)C)Cc1ccccc1. The van der Waals surface area contributed by atoms with Gasteiger partial charge in [0.05, 0.1) is 12.5 Å². The number of hydrogen-bond acceptors (Lipinski definition) is 11. The molecule has 0 bridgehead atoms. The summed E-state index contributed by atoms with van der Waals surface area (Å²) in [6.45, 7) is 8.24. The number of nitrogens with one attached hydrogen (secondary N) is 2. The molecule has 0 saturated carbocycles. The minimum Gasteiger partial charge on any atom is -0.444 e. The molecule has 1 rings (SSSR count). The first-order chi connectivity index (χ1) is 18.9. The first kappa shape index (κ1) is 35.8. The fraction of sp³-hybridized carbons (Fsp3) is 0.630. The van der Waals surface area contributed by atoms with E-state index in [1.54, 1.807) is 29.5 Å². The van der Waals surface area contributed by atoms with Gasteiger partial charge in [-0.05, 0) is 58.1 Å². The molecule has 40 heavy (non-hydrogen) atoms. The van der Waals surface area contributed by atoms with E-state index in [0.29, 0.717) is 17.9 Å². The van der Waals surface area contributed by atoms with Gasteiger partial charge < -0.3 is 29.6 Å². The molecule has 0 aliphatic heterocycles. The molecule has 0 saturated heterocycles. The Morgan fingerprint density at radius 3 is 2.30 bits per heavy atom. The van der Waals surface area contributed by atoms with Crippen molar-refractivity contribution in [2.75, 3.05) is 36.7 Å². The van der Waals surface area contributed by atoms with Crippen molar-refractivity contribution >= 4 is 57.5 Å². The number of hydrogen-bond donors (Lipinski definition) is 2. The number of benzene rings is 1. The summed E-state index contributed by atoms with van der Waals surface area (Å²) in [5, 5.41) is 5.58. The van der Waals surface area contributed by atoms with E-state index in [-0.39, 0.29) is 25.1 Å². The molecule has 2 N–H and O–H groups in total. The highest BCUT2D eigenvalue weighted by Crippen LogP contribution is 2.27. The second kappa shape index (κ2) is 19.8. The van der Waals surface area contributed by atoms with Crippen molar-refractivity contribution in [2.45, 2.75) is 65.4 Å². The molecule has 0 heterocycles. The Bertz CT molecular complexity index is 915. The molecule has 226 valence electrons. The second-order valence-corrected chi connectivity index (χ2v) is 13.2. The van der Waals surface area contributed by atoms with Crippen LogP contribution in [0.5, 0.6) is 0 Å². The molecule has 0 fully saturated rings. The van der Waals surface area contributed by atoms with E-state index in [9.17, 15) is 19.2 Å². The summed E-state index contributed by atoms with van der Waals surface area (Å²) >= 11 is 1.71. The van der Waals surface area contributed by atoms with Crippen LogP contribution in [0, 0.1) is 5.92 Å². The number of carbonyl (C=O) groups excluding carboxylic acids is 4. The predicted octanol–water partition coefficient (Wildman–Crippen LogP) is 5.05. The van der Waals surface area contributed by atoms with Crippen molar-refractivity contribution in [2.24, 2.45) is 5.92 Å². The van der Waals surface area contributed by atoms with Gasteiger partial charge in [0.2, 0.25) is 12.2 Å². The highest BCUT2D eigenvalue weighted by molar-refractivity contribution is 8.76. The van der Waals surface area contributed by atoms with Gasteiger partial charge in [-0.2, -0.15) is 11.8 Å². The van der Waals surface area contributed by atoms with Gasteiger partial charge in [0.15, 0.2) is 0 Å². The highest BCUT2D eigenvalue weighted by atomic mass is 33.1. The summed E-state index contributed by atoms with van der Waals surface area (Å²) in [6, 6.07) is 9.55. The van der Waals surface area contributed by atoms with Crippen molar-refractivity contribution in [3.8, 4) is 0 Å². The van der Waals surface area contributed by atoms with Crippen LogP contribution < -0.4 is 10.6 Å². The lowest BCUT2D eigenvalue weighted by Crippen LogP contribution is -2.40. The lowest BCUT2D eigenvalue weighted by molar-refractivity contribution is -0.167. The van der Waals surface area contributed by atoms with E-state index < -0.39 is 36.0 Å². The van der Waals surface area contributed by atoms with Gasteiger partial charge in [0.1, 0.15) is 12.1 Å². The fourth-order valence-electron chi connectivity index (χ4n) is 3.16. The average Bonchev–Trinajstić information content (AvgIpc) is 2.86. The van der Waals surface area contributed by atoms with E-state index >= 15 is 0 Å². The van der Waals surface area contributed by atoms with Crippen molar-refractivity contribution in [3.05, 3.63) is 35.9 Å². The number of rotatable bonds is 17. The lowest BCUT2D eigenvalue weighted by atomic mass is 10.0. The number of esters is 1. The monoisotopic (exact) mass is 618 g/mol. The Morgan fingerprint density at radius 1 is 1.00 bits per heavy atom. The standard InChI is InChI=1S/C27H42N2O8S3/c1-7-34-26(33)36-19(2)35-23(30)16-28-24(31)21(15-20-11-9-8-10-12-20)17-39-40-18-22(13-14-38-6)29-25(32)37-27(3,4)5/h8-12,19,21-22H,7,13-18H2,1-6H3,(H,28,31)(H,29,32)/t19?,21-,22+/m1/s1. The molecule has 0 aromatic heterocycles. The maximum atomic E-state index is 13.0. The molecule has 0 aliphatic carbocycles. The van der Waals surface area contributed by atoms with Crippen LogP contribution in [0.15, 0.2) is 30.3 Å². The zero-order chi connectivity index (χ0) is 30.0. The van der Waals surface area contributed by atoms with E-state index in [2.05, 4.69) is 15.4 Å². The summed E-state index contributed by atoms with van der Waals surface area (Å²) < 4.78 is 19.8. The topological polar surface area (TPSA) is 129 Å². The second-order valence-electron chi connectivity index (χ2n) is 9.66. The third-order valence-corrected chi connectivity index (χ3v) is 8.14. The Hall–Kier alpha value is -2.25. The van der Waals surface area contributed by atoms with Crippen LogP contribution in [0.4, 0.5) is 9.59 Å². The molecule has 0 spiro atoms. The first-order valence-corrected chi connectivity index (χ1v) is 16.9. The van der Waals surface area contributed by atoms with Crippen molar-refractivity contribution < 1.29 is 38.1 Å². The van der Waals surface area contributed by atoms with Gasteiger partial charge in [0, 0.05) is 24.5 Å². The summed E-state index contributed by atoms with van der Waals surface area (Å²) in [5.41, 5.74) is 0.420. The molecule has 1 aromatic carbocycles. The Morgan fingerprint density at radius 2 is 1.68 bits per heavy atom. The number of amides is 2. The minimum atomic E-state index is -1.15. The van der Waals surface area contributed by atoms with Gasteiger partial charge in [-0.3, -0.25) is 9.59 Å². The van der Waals surface area contributed by atoms with Crippen LogP contribution in [0.25, 0.3) is 0 Å². The van der Waals surface area contributed by atoms with Gasteiger partial charge in [0.25, 0.3) is 0 Å². The summed E-state index contributed by atoms with van der Waals surface area (Å²) in [5.74, 6) is 0.586. The fourth-order valence-corrected chi connectivity index (χ4v) is 6.28. The molecule has 0 radical (unpaired) electrons. The molecular formula is C27H42N2O8S3. The predicted molar refractivity (Wildman–Crippen MR) is 161 cm³/mol. The number of ether oxygens (including phenoxy) is 4.